The standard InChI is InChI=1S/C11H10N4S/c1-15(11-14-7-10(13)16-11)9-5-3-2-4-8(9)6-12/h2-5,7H,13H2,1H3. The third-order valence-corrected chi connectivity index (χ3v) is 3.09. The second-order valence-electron chi connectivity index (χ2n) is 3.23. The van der Waals surface area contributed by atoms with Crippen molar-refractivity contribution in [1.29, 1.82) is 5.26 Å². The fourth-order valence-corrected chi connectivity index (χ4v) is 2.05. The summed E-state index contributed by atoms with van der Waals surface area (Å²) in [7, 11) is 1.87. The minimum atomic E-state index is 0.624. The molecule has 0 amide bonds. The first-order chi connectivity index (χ1) is 7.72. The molecule has 2 aromatic rings. The first-order valence-corrected chi connectivity index (χ1v) is 5.48. The highest BCUT2D eigenvalue weighted by Crippen LogP contribution is 2.30. The Labute approximate surface area is 97.6 Å². The highest BCUT2D eigenvalue weighted by atomic mass is 32.1. The molecule has 0 saturated heterocycles. The number of nitrogen functional groups attached to an aromatic ring is 1. The quantitative estimate of drug-likeness (QED) is 0.860. The van der Waals surface area contributed by atoms with Gasteiger partial charge in [-0.3, -0.25) is 0 Å². The van der Waals surface area contributed by atoms with Crippen LogP contribution in [0.4, 0.5) is 15.8 Å². The summed E-state index contributed by atoms with van der Waals surface area (Å²) in [5.74, 6) is 0. The van der Waals surface area contributed by atoms with E-state index in [1.165, 1.54) is 11.3 Å². The van der Waals surface area contributed by atoms with Crippen molar-refractivity contribution >= 4 is 27.2 Å². The molecule has 2 rings (SSSR count). The fraction of sp³-hybridized carbons (Fsp3) is 0.0909. The topological polar surface area (TPSA) is 65.9 Å². The molecule has 80 valence electrons. The molecule has 0 radical (unpaired) electrons. The van der Waals surface area contributed by atoms with Gasteiger partial charge in [0, 0.05) is 7.05 Å². The Morgan fingerprint density at radius 1 is 1.44 bits per heavy atom. The van der Waals surface area contributed by atoms with Crippen LogP contribution in [0.2, 0.25) is 0 Å². The SMILES string of the molecule is CN(c1ncc(N)s1)c1ccccc1C#N. The first kappa shape index (κ1) is 10.5. The molecule has 0 aliphatic carbocycles. The van der Waals surface area contributed by atoms with Gasteiger partial charge in [0.2, 0.25) is 0 Å². The summed E-state index contributed by atoms with van der Waals surface area (Å²) in [5.41, 5.74) is 7.09. The predicted molar refractivity (Wildman–Crippen MR) is 65.7 cm³/mol. The lowest BCUT2D eigenvalue weighted by molar-refractivity contribution is 1.16. The normalized spacial score (nSPS) is 9.75. The van der Waals surface area contributed by atoms with Gasteiger partial charge in [0.05, 0.1) is 17.4 Å². The number of hydrogen-bond acceptors (Lipinski definition) is 5. The molecular weight excluding hydrogens is 220 g/mol. The molecule has 0 aliphatic heterocycles. The van der Waals surface area contributed by atoms with Crippen molar-refractivity contribution in [2.45, 2.75) is 0 Å². The number of thiazole rings is 1. The highest BCUT2D eigenvalue weighted by Gasteiger charge is 2.11. The molecule has 5 heteroatoms. The fourth-order valence-electron chi connectivity index (χ4n) is 1.40. The Balaban J connectivity index is 2.41. The maximum Gasteiger partial charge on any atom is 0.191 e. The molecular formula is C11H10N4S. The molecule has 1 aromatic heterocycles. The van der Waals surface area contributed by atoms with E-state index in [2.05, 4.69) is 11.1 Å². The van der Waals surface area contributed by atoms with Crippen LogP contribution in [0.3, 0.4) is 0 Å². The number of anilines is 3. The summed E-state index contributed by atoms with van der Waals surface area (Å²) in [6.45, 7) is 0. The van der Waals surface area contributed by atoms with Gasteiger partial charge in [0.1, 0.15) is 11.1 Å². The van der Waals surface area contributed by atoms with Gasteiger partial charge in [-0.1, -0.05) is 23.5 Å². The second kappa shape index (κ2) is 4.21. The van der Waals surface area contributed by atoms with Gasteiger partial charge in [0.25, 0.3) is 0 Å². The van der Waals surface area contributed by atoms with Crippen LogP contribution in [0.1, 0.15) is 5.56 Å². The largest absolute Gasteiger partial charge is 0.389 e. The molecule has 16 heavy (non-hydrogen) atoms. The Morgan fingerprint density at radius 3 is 2.81 bits per heavy atom. The minimum absolute atomic E-state index is 0.624. The molecule has 0 atom stereocenters. The molecule has 0 unspecified atom stereocenters. The van der Waals surface area contributed by atoms with E-state index in [0.29, 0.717) is 10.6 Å². The number of benzene rings is 1. The summed E-state index contributed by atoms with van der Waals surface area (Å²) in [6, 6.07) is 9.55. The molecule has 0 spiro atoms. The summed E-state index contributed by atoms with van der Waals surface area (Å²) in [4.78, 5) is 6.04. The van der Waals surface area contributed by atoms with Crippen LogP contribution >= 0.6 is 11.3 Å². The smallest absolute Gasteiger partial charge is 0.191 e. The number of nitrogens with zero attached hydrogens (tertiary/aromatic N) is 3. The number of rotatable bonds is 2. The molecule has 0 fully saturated rings. The van der Waals surface area contributed by atoms with Gasteiger partial charge < -0.3 is 10.6 Å². The first-order valence-electron chi connectivity index (χ1n) is 4.66. The zero-order chi connectivity index (χ0) is 11.5. The molecule has 1 heterocycles. The van der Waals surface area contributed by atoms with Gasteiger partial charge in [0.15, 0.2) is 5.13 Å². The highest BCUT2D eigenvalue weighted by molar-refractivity contribution is 7.19. The number of nitrogens with two attached hydrogens (primary N) is 1. The maximum atomic E-state index is 9.00. The van der Waals surface area contributed by atoms with Gasteiger partial charge in [-0.2, -0.15) is 5.26 Å². The van der Waals surface area contributed by atoms with E-state index in [1.54, 1.807) is 12.3 Å². The average molecular weight is 230 g/mol. The third kappa shape index (κ3) is 1.83. The maximum absolute atomic E-state index is 9.00. The summed E-state index contributed by atoms with van der Waals surface area (Å²) in [5, 5.41) is 10.4. The molecule has 0 bridgehead atoms. The van der Waals surface area contributed by atoms with E-state index < -0.39 is 0 Å². The van der Waals surface area contributed by atoms with Gasteiger partial charge in [-0.25, -0.2) is 4.98 Å². The van der Waals surface area contributed by atoms with Crippen molar-refractivity contribution < 1.29 is 0 Å². The van der Waals surface area contributed by atoms with E-state index in [0.717, 1.165) is 10.8 Å². The van der Waals surface area contributed by atoms with Crippen molar-refractivity contribution in [2.24, 2.45) is 0 Å². The van der Waals surface area contributed by atoms with Crippen molar-refractivity contribution in [2.75, 3.05) is 17.7 Å². The molecule has 0 saturated carbocycles. The number of aromatic nitrogens is 1. The van der Waals surface area contributed by atoms with Gasteiger partial charge in [-0.15, -0.1) is 0 Å². The molecule has 1 aromatic carbocycles. The third-order valence-electron chi connectivity index (χ3n) is 2.18. The van der Waals surface area contributed by atoms with E-state index in [4.69, 9.17) is 11.0 Å². The minimum Gasteiger partial charge on any atom is -0.389 e. The van der Waals surface area contributed by atoms with Crippen molar-refractivity contribution in [1.82, 2.24) is 4.98 Å². The number of nitriles is 1. The average Bonchev–Trinajstić information content (AvgIpc) is 2.75. The van der Waals surface area contributed by atoms with E-state index in [-0.39, 0.29) is 0 Å². The van der Waals surface area contributed by atoms with Crippen molar-refractivity contribution in [3.8, 4) is 6.07 Å². The van der Waals surface area contributed by atoms with E-state index >= 15 is 0 Å². The summed E-state index contributed by atoms with van der Waals surface area (Å²) in [6.07, 6.45) is 1.62. The summed E-state index contributed by atoms with van der Waals surface area (Å²) < 4.78 is 0. The molecule has 2 N–H and O–H groups in total. The lowest BCUT2D eigenvalue weighted by Gasteiger charge is -2.16. The number of hydrogen-bond donors (Lipinski definition) is 1. The lowest BCUT2D eigenvalue weighted by atomic mass is 10.2. The Morgan fingerprint density at radius 2 is 2.19 bits per heavy atom. The Bertz CT molecular complexity index is 541. The Kier molecular flexibility index (Phi) is 2.75. The molecule has 0 aliphatic rings. The van der Waals surface area contributed by atoms with Crippen LogP contribution in [0, 0.1) is 11.3 Å². The molecule has 4 nitrogen and oxygen atoms in total. The zero-order valence-corrected chi connectivity index (χ0v) is 9.53. The number of para-hydroxylation sites is 1. The van der Waals surface area contributed by atoms with Crippen molar-refractivity contribution in [3.63, 3.8) is 0 Å². The lowest BCUT2D eigenvalue weighted by Crippen LogP contribution is -2.10. The summed E-state index contributed by atoms with van der Waals surface area (Å²) >= 11 is 1.39. The van der Waals surface area contributed by atoms with Gasteiger partial charge >= 0.3 is 0 Å². The van der Waals surface area contributed by atoms with Crippen LogP contribution in [0.25, 0.3) is 0 Å². The van der Waals surface area contributed by atoms with Gasteiger partial charge in [-0.05, 0) is 12.1 Å². The van der Waals surface area contributed by atoms with E-state index in [9.17, 15) is 0 Å². The Hall–Kier alpha value is -2.06. The van der Waals surface area contributed by atoms with Crippen LogP contribution in [-0.2, 0) is 0 Å². The van der Waals surface area contributed by atoms with Crippen LogP contribution in [0.15, 0.2) is 30.5 Å². The van der Waals surface area contributed by atoms with Crippen LogP contribution < -0.4 is 10.6 Å². The second-order valence-corrected chi connectivity index (χ2v) is 4.27. The van der Waals surface area contributed by atoms with Crippen LogP contribution in [-0.4, -0.2) is 12.0 Å². The van der Waals surface area contributed by atoms with Crippen LogP contribution in [0.5, 0.6) is 0 Å². The zero-order valence-electron chi connectivity index (χ0n) is 8.71. The monoisotopic (exact) mass is 230 g/mol. The van der Waals surface area contributed by atoms with Crippen molar-refractivity contribution in [3.05, 3.63) is 36.0 Å². The van der Waals surface area contributed by atoms with E-state index in [1.807, 2.05) is 30.1 Å². The predicted octanol–water partition coefficient (Wildman–Crippen LogP) is 2.36.